The summed E-state index contributed by atoms with van der Waals surface area (Å²) in [5.41, 5.74) is 1.00. The molecule has 2 aliphatic rings. The first-order chi connectivity index (χ1) is 17.0. The lowest BCUT2D eigenvalue weighted by Gasteiger charge is -2.32. The Morgan fingerprint density at radius 3 is 2.23 bits per heavy atom. The van der Waals surface area contributed by atoms with Crippen molar-refractivity contribution < 1.29 is 28.6 Å². The van der Waals surface area contributed by atoms with Gasteiger partial charge in [-0.3, -0.25) is 19.3 Å². The molecule has 0 bridgehead atoms. The van der Waals surface area contributed by atoms with E-state index in [1.807, 2.05) is 0 Å². The molecule has 2 unspecified atom stereocenters. The van der Waals surface area contributed by atoms with E-state index in [9.17, 15) is 14.4 Å². The van der Waals surface area contributed by atoms with Crippen molar-refractivity contribution in [1.29, 1.82) is 0 Å². The molecule has 0 aliphatic carbocycles. The quantitative estimate of drug-likeness (QED) is 0.328. The molecule has 1 N–H and O–H groups in total. The van der Waals surface area contributed by atoms with Crippen molar-refractivity contribution >= 4 is 17.5 Å². The maximum Gasteiger partial charge on any atom is 0.291 e. The number of piperazine rings is 1. The number of benzene rings is 2. The number of carbonyl (C=O) groups excluding carboxylic acids is 3. The number of likely N-dealkylation sites (tertiary alicyclic amines) is 1. The van der Waals surface area contributed by atoms with Gasteiger partial charge in [0.25, 0.3) is 5.91 Å². The topological polar surface area (TPSA) is 97.4 Å². The molecule has 9 nitrogen and oxygen atoms in total. The summed E-state index contributed by atoms with van der Waals surface area (Å²) in [4.78, 5) is 43.8. The Bertz CT molecular complexity index is 1080. The van der Waals surface area contributed by atoms with E-state index >= 15 is 0 Å². The molecule has 2 saturated heterocycles. The lowest BCUT2D eigenvalue weighted by atomic mass is 9.86. The minimum absolute atomic E-state index is 0.343. The van der Waals surface area contributed by atoms with Crippen LogP contribution in [-0.4, -0.2) is 87.9 Å². The zero-order valence-electron chi connectivity index (χ0n) is 20.3. The minimum atomic E-state index is -1.16. The van der Waals surface area contributed by atoms with Gasteiger partial charge in [0.15, 0.2) is 17.3 Å². The molecule has 2 fully saturated rings. The number of carbonyl (C=O) groups is 3. The number of hydrogen-bond donors (Lipinski definition) is 1. The van der Waals surface area contributed by atoms with Gasteiger partial charge in [-0.2, -0.15) is 0 Å². The fourth-order valence-corrected chi connectivity index (χ4v) is 4.76. The molecule has 0 spiro atoms. The molecule has 2 heterocycles. The van der Waals surface area contributed by atoms with E-state index in [2.05, 4.69) is 10.2 Å². The first-order valence-corrected chi connectivity index (χ1v) is 11.7. The number of nitrogens with zero attached hydrogens (tertiary/aromatic N) is 2. The van der Waals surface area contributed by atoms with Crippen LogP contribution in [-0.2, 0) is 9.59 Å². The molecule has 35 heavy (non-hydrogen) atoms. The number of hydrogen-bond acceptors (Lipinski definition) is 8. The molecule has 2 aromatic carbocycles. The number of amides is 1. The normalized spacial score (nSPS) is 20.7. The van der Waals surface area contributed by atoms with Crippen molar-refractivity contribution in [2.24, 2.45) is 5.92 Å². The number of Topliss-reactive ketones (excluding diaryl/α,β-unsaturated/α-hetero) is 2. The largest absolute Gasteiger partial charge is 0.497 e. The second-order valence-electron chi connectivity index (χ2n) is 8.58. The molecule has 2 aliphatic heterocycles. The van der Waals surface area contributed by atoms with E-state index in [0.717, 1.165) is 26.2 Å². The van der Waals surface area contributed by atoms with Gasteiger partial charge in [-0.05, 0) is 42.0 Å². The molecule has 4 rings (SSSR count). The van der Waals surface area contributed by atoms with Gasteiger partial charge in [0.05, 0.1) is 27.4 Å². The standard InChI is InChI=1S/C26H31N3O6/c1-33-19-7-4-17(5-8-19)24(30)22-23(18-6-9-20(34-2)21(16-18)35-3)29(26(32)25(22)31)15-14-28-12-10-27-11-13-28/h4-9,16,22-23,27H,10-15H2,1-3H3. The first kappa shape index (κ1) is 24.7. The molecule has 1 amide bonds. The van der Waals surface area contributed by atoms with Crippen LogP contribution >= 0.6 is 0 Å². The summed E-state index contributed by atoms with van der Waals surface area (Å²) in [5, 5.41) is 3.31. The monoisotopic (exact) mass is 481 g/mol. The van der Waals surface area contributed by atoms with Crippen molar-refractivity contribution in [2.75, 3.05) is 60.6 Å². The van der Waals surface area contributed by atoms with Gasteiger partial charge in [0.1, 0.15) is 11.7 Å². The third-order valence-corrected chi connectivity index (χ3v) is 6.68. The molecule has 0 saturated carbocycles. The van der Waals surface area contributed by atoms with Crippen molar-refractivity contribution in [3.8, 4) is 17.2 Å². The number of nitrogens with one attached hydrogen (secondary N) is 1. The average Bonchev–Trinajstić information content (AvgIpc) is 3.16. The highest BCUT2D eigenvalue weighted by Crippen LogP contribution is 2.41. The number of ketones is 2. The zero-order valence-corrected chi connectivity index (χ0v) is 20.3. The van der Waals surface area contributed by atoms with Crippen LogP contribution in [0.2, 0.25) is 0 Å². The lowest BCUT2D eigenvalue weighted by molar-refractivity contribution is -0.140. The third-order valence-electron chi connectivity index (χ3n) is 6.68. The summed E-state index contributed by atoms with van der Waals surface area (Å²) in [6.45, 7) is 4.45. The van der Waals surface area contributed by atoms with Gasteiger partial charge in [-0.15, -0.1) is 0 Å². The predicted octanol–water partition coefficient (Wildman–Crippen LogP) is 1.57. The number of ether oxygens (including phenoxy) is 3. The summed E-state index contributed by atoms with van der Waals surface area (Å²) in [6, 6.07) is 11.1. The van der Waals surface area contributed by atoms with Gasteiger partial charge >= 0.3 is 0 Å². The fraction of sp³-hybridized carbons (Fsp3) is 0.423. The molecule has 9 heteroatoms. The summed E-state index contributed by atoms with van der Waals surface area (Å²) in [6.07, 6.45) is 0. The van der Waals surface area contributed by atoms with Crippen molar-refractivity contribution in [2.45, 2.75) is 6.04 Å². The highest BCUT2D eigenvalue weighted by atomic mass is 16.5. The summed E-state index contributed by atoms with van der Waals surface area (Å²) < 4.78 is 16.0. The van der Waals surface area contributed by atoms with Crippen molar-refractivity contribution in [3.63, 3.8) is 0 Å². The van der Waals surface area contributed by atoms with Crippen LogP contribution in [0.3, 0.4) is 0 Å². The maximum atomic E-state index is 13.6. The average molecular weight is 482 g/mol. The molecule has 186 valence electrons. The molecular weight excluding hydrogens is 450 g/mol. The SMILES string of the molecule is COc1ccc(C(=O)C2C(=O)C(=O)N(CCN3CCNCC3)C2c2ccc(OC)c(OC)c2)cc1. The van der Waals surface area contributed by atoms with Gasteiger partial charge in [-0.25, -0.2) is 0 Å². The molecule has 2 aromatic rings. The van der Waals surface area contributed by atoms with Crippen LogP contribution in [0.15, 0.2) is 42.5 Å². The first-order valence-electron chi connectivity index (χ1n) is 11.7. The summed E-state index contributed by atoms with van der Waals surface area (Å²) >= 11 is 0. The van der Waals surface area contributed by atoms with Crippen LogP contribution in [0.4, 0.5) is 0 Å². The highest BCUT2D eigenvalue weighted by molar-refractivity contribution is 6.44. The Kier molecular flexibility index (Phi) is 7.67. The molecule has 2 atom stereocenters. The lowest BCUT2D eigenvalue weighted by Crippen LogP contribution is -2.47. The minimum Gasteiger partial charge on any atom is -0.497 e. The van der Waals surface area contributed by atoms with E-state index in [4.69, 9.17) is 14.2 Å². The second-order valence-corrected chi connectivity index (χ2v) is 8.58. The van der Waals surface area contributed by atoms with E-state index in [1.54, 1.807) is 49.6 Å². The van der Waals surface area contributed by atoms with E-state index in [1.165, 1.54) is 19.1 Å². The van der Waals surface area contributed by atoms with E-state index in [-0.39, 0.29) is 0 Å². The molecule has 0 radical (unpaired) electrons. The number of methoxy groups -OCH3 is 3. The van der Waals surface area contributed by atoms with Crippen LogP contribution in [0.25, 0.3) is 0 Å². The fourth-order valence-electron chi connectivity index (χ4n) is 4.76. The smallest absolute Gasteiger partial charge is 0.291 e. The number of rotatable bonds is 9. The second kappa shape index (κ2) is 10.9. The highest BCUT2D eigenvalue weighted by Gasteiger charge is 2.51. The van der Waals surface area contributed by atoms with Gasteiger partial charge in [-0.1, -0.05) is 6.07 Å². The zero-order chi connectivity index (χ0) is 24.9. The molecule has 0 aromatic heterocycles. The van der Waals surface area contributed by atoms with Gasteiger partial charge < -0.3 is 24.4 Å². The Morgan fingerprint density at radius 2 is 1.60 bits per heavy atom. The third kappa shape index (κ3) is 5.01. The Morgan fingerprint density at radius 1 is 0.914 bits per heavy atom. The Labute approximate surface area is 204 Å². The molecular formula is C26H31N3O6. The van der Waals surface area contributed by atoms with Crippen LogP contribution in [0.1, 0.15) is 22.0 Å². The summed E-state index contributed by atoms with van der Waals surface area (Å²) in [5.74, 6) is -1.28. The Balaban J connectivity index is 1.70. The van der Waals surface area contributed by atoms with Crippen LogP contribution in [0.5, 0.6) is 17.2 Å². The predicted molar refractivity (Wildman–Crippen MR) is 129 cm³/mol. The van der Waals surface area contributed by atoms with Crippen LogP contribution < -0.4 is 19.5 Å². The Hall–Kier alpha value is -3.43. The summed E-state index contributed by atoms with van der Waals surface area (Å²) in [7, 11) is 4.60. The maximum absolute atomic E-state index is 13.6. The van der Waals surface area contributed by atoms with E-state index in [0.29, 0.717) is 41.5 Å². The van der Waals surface area contributed by atoms with Gasteiger partial charge in [0, 0.05) is 44.8 Å². The van der Waals surface area contributed by atoms with Crippen molar-refractivity contribution in [3.05, 3.63) is 53.6 Å². The van der Waals surface area contributed by atoms with Crippen LogP contribution in [0, 0.1) is 5.92 Å². The van der Waals surface area contributed by atoms with E-state index < -0.39 is 29.4 Å². The van der Waals surface area contributed by atoms with Gasteiger partial charge in [0.2, 0.25) is 5.78 Å². The van der Waals surface area contributed by atoms with Crippen molar-refractivity contribution in [1.82, 2.24) is 15.1 Å².